The largest absolute Gasteiger partial charge is 0.326 e. The van der Waals surface area contributed by atoms with Crippen molar-refractivity contribution in [2.24, 2.45) is 7.05 Å². The second kappa shape index (κ2) is 5.25. The average Bonchev–Trinajstić information content (AvgIpc) is 2.91. The number of rotatable bonds is 2. The molecule has 5 heteroatoms. The van der Waals surface area contributed by atoms with Crippen molar-refractivity contribution in [3.05, 3.63) is 51.1 Å². The molecule has 1 aliphatic carbocycles. The Hall–Kier alpha value is -2.14. The number of aryl methyl sites for hydroxylation is 2. The van der Waals surface area contributed by atoms with Gasteiger partial charge in [0.05, 0.1) is 5.39 Å². The third-order valence-corrected chi connectivity index (χ3v) is 5.41. The summed E-state index contributed by atoms with van der Waals surface area (Å²) in [6.07, 6.45) is 4.49. The lowest BCUT2D eigenvalue weighted by Gasteiger charge is -2.11. The van der Waals surface area contributed by atoms with E-state index in [1.165, 1.54) is 23.3 Å². The van der Waals surface area contributed by atoms with Gasteiger partial charge in [-0.1, -0.05) is 18.2 Å². The van der Waals surface area contributed by atoms with E-state index in [2.05, 4.69) is 5.32 Å². The Morgan fingerprint density at radius 3 is 2.77 bits per heavy atom. The fourth-order valence-electron chi connectivity index (χ4n) is 3.05. The minimum Gasteiger partial charge on any atom is -0.326 e. The second-order valence-corrected chi connectivity index (χ2v) is 6.77. The van der Waals surface area contributed by atoms with Gasteiger partial charge in [-0.3, -0.25) is 9.36 Å². The van der Waals surface area contributed by atoms with Gasteiger partial charge in [-0.25, -0.2) is 4.98 Å². The van der Waals surface area contributed by atoms with Gasteiger partial charge in [0, 0.05) is 17.6 Å². The van der Waals surface area contributed by atoms with E-state index in [4.69, 9.17) is 4.98 Å². The van der Waals surface area contributed by atoms with Gasteiger partial charge in [-0.05, 0) is 43.4 Å². The third-order valence-electron chi connectivity index (χ3n) is 4.23. The molecule has 1 N–H and O–H groups in total. The Kier molecular flexibility index (Phi) is 3.22. The van der Waals surface area contributed by atoms with E-state index in [0.717, 1.165) is 28.7 Å². The molecule has 0 aliphatic heterocycles. The Morgan fingerprint density at radius 1 is 1.18 bits per heavy atom. The first-order valence-corrected chi connectivity index (χ1v) is 8.39. The van der Waals surface area contributed by atoms with Crippen LogP contribution in [0.3, 0.4) is 0 Å². The normalized spacial score (nSPS) is 14.0. The molecule has 4 rings (SSSR count). The molecule has 0 atom stereocenters. The van der Waals surface area contributed by atoms with Crippen LogP contribution in [0.1, 0.15) is 23.3 Å². The van der Waals surface area contributed by atoms with Crippen LogP contribution in [-0.2, 0) is 19.9 Å². The highest BCUT2D eigenvalue weighted by Crippen LogP contribution is 2.34. The van der Waals surface area contributed by atoms with Crippen molar-refractivity contribution < 1.29 is 0 Å². The second-order valence-electron chi connectivity index (χ2n) is 5.68. The zero-order valence-corrected chi connectivity index (χ0v) is 13.2. The maximum absolute atomic E-state index is 12.8. The molecular weight excluding hydrogens is 294 g/mol. The maximum Gasteiger partial charge on any atom is 0.263 e. The van der Waals surface area contributed by atoms with Gasteiger partial charge in [0.15, 0.2) is 0 Å². The molecule has 2 aromatic heterocycles. The van der Waals surface area contributed by atoms with Crippen LogP contribution in [0.5, 0.6) is 0 Å². The van der Waals surface area contributed by atoms with E-state index < -0.39 is 0 Å². The standard InChI is InChI=1S/C17H17N3OS/c1-20-16(21)14-12-9-5-6-10-13(12)22-15(14)19-17(20)18-11-7-3-2-4-8-11/h2-4,7-8H,5-6,9-10H2,1H3,(H,18,19). The molecule has 22 heavy (non-hydrogen) atoms. The van der Waals surface area contributed by atoms with E-state index in [9.17, 15) is 4.79 Å². The lowest BCUT2D eigenvalue weighted by atomic mass is 9.97. The number of hydrogen-bond acceptors (Lipinski definition) is 4. The van der Waals surface area contributed by atoms with E-state index in [1.54, 1.807) is 23.0 Å². The number of nitrogens with zero attached hydrogens (tertiary/aromatic N) is 2. The molecule has 0 amide bonds. The number of anilines is 2. The lowest BCUT2D eigenvalue weighted by molar-refractivity contribution is 0.699. The maximum atomic E-state index is 12.8. The van der Waals surface area contributed by atoms with E-state index in [0.29, 0.717) is 5.95 Å². The van der Waals surface area contributed by atoms with Crippen molar-refractivity contribution in [2.75, 3.05) is 5.32 Å². The average molecular weight is 311 g/mol. The summed E-state index contributed by atoms with van der Waals surface area (Å²) in [6.45, 7) is 0. The molecule has 112 valence electrons. The van der Waals surface area contributed by atoms with Crippen molar-refractivity contribution in [2.45, 2.75) is 25.7 Å². The molecule has 3 aromatic rings. The monoisotopic (exact) mass is 311 g/mol. The van der Waals surface area contributed by atoms with Crippen LogP contribution in [-0.4, -0.2) is 9.55 Å². The molecule has 0 radical (unpaired) electrons. The Morgan fingerprint density at radius 2 is 1.95 bits per heavy atom. The fraction of sp³-hybridized carbons (Fsp3) is 0.294. The predicted molar refractivity (Wildman–Crippen MR) is 91.2 cm³/mol. The van der Waals surface area contributed by atoms with Crippen molar-refractivity contribution in [1.29, 1.82) is 0 Å². The molecule has 0 saturated heterocycles. The first-order chi connectivity index (χ1) is 10.7. The molecule has 2 heterocycles. The highest BCUT2D eigenvalue weighted by molar-refractivity contribution is 7.18. The zero-order valence-electron chi connectivity index (χ0n) is 12.4. The summed E-state index contributed by atoms with van der Waals surface area (Å²) < 4.78 is 1.62. The number of fused-ring (bicyclic) bond motifs is 3. The van der Waals surface area contributed by atoms with E-state index >= 15 is 0 Å². The van der Waals surface area contributed by atoms with Gasteiger partial charge in [-0.2, -0.15) is 0 Å². The quantitative estimate of drug-likeness (QED) is 0.786. The first-order valence-electron chi connectivity index (χ1n) is 7.57. The van der Waals surface area contributed by atoms with Crippen LogP contribution in [0.2, 0.25) is 0 Å². The highest BCUT2D eigenvalue weighted by Gasteiger charge is 2.21. The van der Waals surface area contributed by atoms with Crippen molar-refractivity contribution in [3.63, 3.8) is 0 Å². The number of nitrogens with one attached hydrogen (secondary N) is 1. The van der Waals surface area contributed by atoms with Crippen molar-refractivity contribution in [3.8, 4) is 0 Å². The molecule has 0 fully saturated rings. The summed E-state index contributed by atoms with van der Waals surface area (Å²) in [6, 6.07) is 9.82. The van der Waals surface area contributed by atoms with Gasteiger partial charge in [0.25, 0.3) is 5.56 Å². The van der Waals surface area contributed by atoms with Crippen LogP contribution >= 0.6 is 11.3 Å². The smallest absolute Gasteiger partial charge is 0.263 e. The molecule has 0 spiro atoms. The summed E-state index contributed by atoms with van der Waals surface area (Å²) in [7, 11) is 1.78. The predicted octanol–water partition coefficient (Wildman–Crippen LogP) is 3.62. The zero-order chi connectivity index (χ0) is 15.1. The Labute approximate surface area is 132 Å². The number of para-hydroxylation sites is 1. The van der Waals surface area contributed by atoms with Crippen LogP contribution in [0, 0.1) is 0 Å². The van der Waals surface area contributed by atoms with Gasteiger partial charge in [-0.15, -0.1) is 11.3 Å². The van der Waals surface area contributed by atoms with Crippen molar-refractivity contribution in [1.82, 2.24) is 9.55 Å². The topological polar surface area (TPSA) is 46.9 Å². The lowest BCUT2D eigenvalue weighted by Crippen LogP contribution is -2.21. The fourth-order valence-corrected chi connectivity index (χ4v) is 4.30. The molecular formula is C17H17N3OS. The summed E-state index contributed by atoms with van der Waals surface area (Å²) >= 11 is 1.68. The third kappa shape index (κ3) is 2.13. The minimum absolute atomic E-state index is 0.0582. The van der Waals surface area contributed by atoms with E-state index in [-0.39, 0.29) is 5.56 Å². The molecule has 0 bridgehead atoms. The van der Waals surface area contributed by atoms with E-state index in [1.807, 2.05) is 30.3 Å². The molecule has 4 nitrogen and oxygen atoms in total. The van der Waals surface area contributed by atoms with Gasteiger partial charge in [0.2, 0.25) is 5.95 Å². The molecule has 0 saturated carbocycles. The molecule has 1 aromatic carbocycles. The molecule has 0 unspecified atom stereocenters. The summed E-state index contributed by atoms with van der Waals surface area (Å²) in [5, 5.41) is 4.08. The van der Waals surface area contributed by atoms with Gasteiger partial charge in [0.1, 0.15) is 4.83 Å². The Balaban J connectivity index is 1.87. The highest BCUT2D eigenvalue weighted by atomic mass is 32.1. The SMILES string of the molecule is Cn1c(Nc2ccccc2)nc2sc3c(c2c1=O)CCCC3. The number of aromatic nitrogens is 2. The Bertz CT molecular complexity index is 896. The van der Waals surface area contributed by atoms with Gasteiger partial charge >= 0.3 is 0 Å². The number of thiophene rings is 1. The first kappa shape index (κ1) is 13.5. The summed E-state index contributed by atoms with van der Waals surface area (Å²) in [5.41, 5.74) is 2.24. The van der Waals surface area contributed by atoms with Crippen LogP contribution < -0.4 is 10.9 Å². The van der Waals surface area contributed by atoms with Crippen LogP contribution in [0.25, 0.3) is 10.2 Å². The van der Waals surface area contributed by atoms with Crippen LogP contribution in [0.4, 0.5) is 11.6 Å². The molecule has 1 aliphatic rings. The number of benzene rings is 1. The number of hydrogen-bond donors (Lipinski definition) is 1. The van der Waals surface area contributed by atoms with Crippen molar-refractivity contribution >= 4 is 33.2 Å². The minimum atomic E-state index is 0.0582. The van der Waals surface area contributed by atoms with Crippen LogP contribution in [0.15, 0.2) is 35.1 Å². The summed E-state index contributed by atoms with van der Waals surface area (Å²) in [4.78, 5) is 19.7. The van der Waals surface area contributed by atoms with Gasteiger partial charge < -0.3 is 5.32 Å². The summed E-state index contributed by atoms with van der Waals surface area (Å²) in [5.74, 6) is 0.599.